The summed E-state index contributed by atoms with van der Waals surface area (Å²) in [4.78, 5) is 13.9. The van der Waals surface area contributed by atoms with Crippen molar-refractivity contribution in [3.05, 3.63) is 58.7 Å². The molecule has 0 unspecified atom stereocenters. The second kappa shape index (κ2) is 4.56. The number of nitrogens with one attached hydrogen (secondary N) is 1. The van der Waals surface area contributed by atoms with Gasteiger partial charge in [0, 0.05) is 18.1 Å². The lowest BCUT2D eigenvalue weighted by Crippen LogP contribution is -1.97. The number of pyridine rings is 1. The summed E-state index contributed by atoms with van der Waals surface area (Å²) in [7, 11) is 0. The molecule has 17 heavy (non-hydrogen) atoms. The number of rotatable bonds is 3. The van der Waals surface area contributed by atoms with E-state index in [-0.39, 0.29) is 11.4 Å². The van der Waals surface area contributed by atoms with E-state index in [0.717, 1.165) is 12.1 Å². The molecule has 1 heterocycles. The minimum absolute atomic E-state index is 0.239. The SMILES string of the molecule is O=[N+]([O-])c1cc(F)ccc1Nc1ccncc1. The van der Waals surface area contributed by atoms with Crippen molar-refractivity contribution in [2.24, 2.45) is 0 Å². The van der Waals surface area contributed by atoms with Gasteiger partial charge in [0.15, 0.2) is 0 Å². The van der Waals surface area contributed by atoms with Crippen molar-refractivity contribution in [3.8, 4) is 0 Å². The van der Waals surface area contributed by atoms with E-state index >= 15 is 0 Å². The normalized spacial score (nSPS) is 9.94. The number of nitrogens with zero attached hydrogens (tertiary/aromatic N) is 2. The Morgan fingerprint density at radius 2 is 1.94 bits per heavy atom. The molecule has 0 spiro atoms. The van der Waals surface area contributed by atoms with Gasteiger partial charge in [-0.1, -0.05) is 0 Å². The van der Waals surface area contributed by atoms with Crippen LogP contribution in [0.25, 0.3) is 0 Å². The lowest BCUT2D eigenvalue weighted by Gasteiger charge is -2.06. The van der Waals surface area contributed by atoms with Gasteiger partial charge in [0.2, 0.25) is 0 Å². The molecule has 5 nitrogen and oxygen atoms in total. The van der Waals surface area contributed by atoms with E-state index in [1.807, 2.05) is 0 Å². The summed E-state index contributed by atoms with van der Waals surface area (Å²) in [5.74, 6) is -0.642. The van der Waals surface area contributed by atoms with E-state index in [4.69, 9.17) is 0 Å². The summed E-state index contributed by atoms with van der Waals surface area (Å²) in [6.45, 7) is 0. The fourth-order valence-corrected chi connectivity index (χ4v) is 1.35. The second-order valence-electron chi connectivity index (χ2n) is 3.28. The van der Waals surface area contributed by atoms with Crippen LogP contribution in [0, 0.1) is 15.9 Å². The number of hydrogen-bond donors (Lipinski definition) is 1. The smallest absolute Gasteiger partial charge is 0.295 e. The molecule has 1 N–H and O–H groups in total. The number of benzene rings is 1. The van der Waals surface area contributed by atoms with Crippen LogP contribution in [0.5, 0.6) is 0 Å². The first-order valence-electron chi connectivity index (χ1n) is 4.78. The summed E-state index contributed by atoms with van der Waals surface area (Å²) < 4.78 is 12.9. The molecule has 86 valence electrons. The fourth-order valence-electron chi connectivity index (χ4n) is 1.35. The third-order valence-corrected chi connectivity index (χ3v) is 2.12. The molecule has 6 heteroatoms. The molecule has 0 saturated carbocycles. The third-order valence-electron chi connectivity index (χ3n) is 2.12. The predicted octanol–water partition coefficient (Wildman–Crippen LogP) is 2.87. The molecule has 0 aliphatic carbocycles. The highest BCUT2D eigenvalue weighted by molar-refractivity contribution is 5.69. The molecule has 0 saturated heterocycles. The average Bonchev–Trinajstić information content (AvgIpc) is 2.32. The van der Waals surface area contributed by atoms with Crippen molar-refractivity contribution < 1.29 is 9.31 Å². The summed E-state index contributed by atoms with van der Waals surface area (Å²) in [6, 6.07) is 6.69. The lowest BCUT2D eigenvalue weighted by atomic mass is 10.2. The quantitative estimate of drug-likeness (QED) is 0.653. The van der Waals surface area contributed by atoms with Gasteiger partial charge in [0.25, 0.3) is 5.69 Å². The number of aromatic nitrogens is 1. The highest BCUT2D eigenvalue weighted by atomic mass is 19.1. The molecule has 1 aromatic carbocycles. The molecule has 0 bridgehead atoms. The van der Waals surface area contributed by atoms with E-state index in [1.165, 1.54) is 6.07 Å². The van der Waals surface area contributed by atoms with Gasteiger partial charge in [0.05, 0.1) is 11.0 Å². The number of nitro benzene ring substituents is 1. The van der Waals surface area contributed by atoms with E-state index < -0.39 is 10.7 Å². The number of anilines is 2. The van der Waals surface area contributed by atoms with Crippen LogP contribution in [0.3, 0.4) is 0 Å². The zero-order chi connectivity index (χ0) is 12.3. The Bertz CT molecular complexity index is 546. The van der Waals surface area contributed by atoms with Gasteiger partial charge in [0.1, 0.15) is 11.5 Å². The van der Waals surface area contributed by atoms with Crippen molar-refractivity contribution in [2.75, 3.05) is 5.32 Å². The fraction of sp³-hybridized carbons (Fsp3) is 0. The standard InChI is InChI=1S/C11H8FN3O2/c12-8-1-2-10(11(7-8)15(16)17)14-9-3-5-13-6-4-9/h1-7H,(H,13,14). The predicted molar refractivity (Wildman–Crippen MR) is 60.6 cm³/mol. The van der Waals surface area contributed by atoms with Crippen molar-refractivity contribution in [1.82, 2.24) is 4.98 Å². The van der Waals surface area contributed by atoms with Crippen LogP contribution >= 0.6 is 0 Å². The first-order valence-corrected chi connectivity index (χ1v) is 4.78. The van der Waals surface area contributed by atoms with Crippen molar-refractivity contribution in [3.63, 3.8) is 0 Å². The van der Waals surface area contributed by atoms with Crippen molar-refractivity contribution >= 4 is 17.1 Å². The maximum absolute atomic E-state index is 12.9. The van der Waals surface area contributed by atoms with Crippen molar-refractivity contribution in [1.29, 1.82) is 0 Å². The molecular formula is C11H8FN3O2. The van der Waals surface area contributed by atoms with Gasteiger partial charge in [-0.2, -0.15) is 0 Å². The summed E-state index contributed by atoms with van der Waals surface area (Å²) >= 11 is 0. The Hall–Kier alpha value is -2.50. The van der Waals surface area contributed by atoms with Gasteiger partial charge in [-0.15, -0.1) is 0 Å². The zero-order valence-corrected chi connectivity index (χ0v) is 8.63. The van der Waals surface area contributed by atoms with Gasteiger partial charge in [-0.25, -0.2) is 4.39 Å². The average molecular weight is 233 g/mol. The van der Waals surface area contributed by atoms with Gasteiger partial charge in [-0.3, -0.25) is 15.1 Å². The summed E-state index contributed by atoms with van der Waals surface area (Å²) in [5.41, 5.74) is 0.583. The van der Waals surface area contributed by atoms with Gasteiger partial charge >= 0.3 is 0 Å². The molecule has 0 aliphatic rings. The Kier molecular flexibility index (Phi) is 2.95. The third kappa shape index (κ3) is 2.54. The minimum atomic E-state index is -0.642. The van der Waals surface area contributed by atoms with Crippen LogP contribution in [0.15, 0.2) is 42.7 Å². The van der Waals surface area contributed by atoms with E-state index in [2.05, 4.69) is 10.3 Å². The number of hydrogen-bond acceptors (Lipinski definition) is 4. The lowest BCUT2D eigenvalue weighted by molar-refractivity contribution is -0.384. The largest absolute Gasteiger partial charge is 0.350 e. The highest BCUT2D eigenvalue weighted by Crippen LogP contribution is 2.27. The molecule has 0 fully saturated rings. The Labute approximate surface area is 96.1 Å². The Morgan fingerprint density at radius 3 is 2.59 bits per heavy atom. The maximum Gasteiger partial charge on any atom is 0.295 e. The van der Waals surface area contributed by atoms with Crippen LogP contribution in [0.4, 0.5) is 21.5 Å². The Morgan fingerprint density at radius 1 is 1.24 bits per heavy atom. The minimum Gasteiger partial charge on any atom is -0.350 e. The first-order chi connectivity index (χ1) is 8.16. The molecule has 1 aromatic heterocycles. The highest BCUT2D eigenvalue weighted by Gasteiger charge is 2.14. The van der Waals surface area contributed by atoms with Crippen LogP contribution in [0.2, 0.25) is 0 Å². The molecule has 2 aromatic rings. The Balaban J connectivity index is 2.36. The van der Waals surface area contributed by atoms with Crippen LogP contribution in [-0.2, 0) is 0 Å². The molecule has 0 amide bonds. The van der Waals surface area contributed by atoms with E-state index in [0.29, 0.717) is 5.69 Å². The second-order valence-corrected chi connectivity index (χ2v) is 3.28. The maximum atomic E-state index is 12.9. The van der Waals surface area contributed by atoms with Gasteiger partial charge < -0.3 is 5.32 Å². The van der Waals surface area contributed by atoms with E-state index in [1.54, 1.807) is 24.5 Å². The topological polar surface area (TPSA) is 68.1 Å². The van der Waals surface area contributed by atoms with Gasteiger partial charge in [-0.05, 0) is 24.3 Å². The monoisotopic (exact) mass is 233 g/mol. The van der Waals surface area contributed by atoms with E-state index in [9.17, 15) is 14.5 Å². The van der Waals surface area contributed by atoms with Crippen molar-refractivity contribution in [2.45, 2.75) is 0 Å². The van der Waals surface area contributed by atoms with Crippen LogP contribution in [-0.4, -0.2) is 9.91 Å². The van der Waals surface area contributed by atoms with Crippen LogP contribution < -0.4 is 5.32 Å². The molecule has 0 radical (unpaired) electrons. The first kappa shape index (κ1) is 11.0. The molecule has 2 rings (SSSR count). The van der Waals surface area contributed by atoms with Crippen LogP contribution in [0.1, 0.15) is 0 Å². The number of nitro groups is 1. The summed E-state index contributed by atoms with van der Waals surface area (Å²) in [5, 5.41) is 13.6. The molecule has 0 atom stereocenters. The zero-order valence-electron chi connectivity index (χ0n) is 8.63. The molecular weight excluding hydrogens is 225 g/mol. The summed E-state index contributed by atoms with van der Waals surface area (Å²) in [6.07, 6.45) is 3.11. The molecule has 0 aliphatic heterocycles. The number of halogens is 1.